The molecule has 6 nitrogen and oxygen atoms in total. The smallest absolute Gasteiger partial charge is 0.252 e. The number of unbranched alkanes of at least 4 members (excludes halogenated alkanes) is 1. The fraction of sp³-hybridized carbons (Fsp3) is 0.727. The Kier molecular flexibility index (Phi) is 4.62. The van der Waals surface area contributed by atoms with Crippen molar-refractivity contribution in [2.45, 2.75) is 44.7 Å². The molecule has 0 aromatic heterocycles. The molecule has 96 valence electrons. The number of likely N-dealkylation sites (tertiary alicyclic amines) is 1. The molecule has 2 atom stereocenters. The molecule has 0 aromatic rings. The summed E-state index contributed by atoms with van der Waals surface area (Å²) in [5.74, 6) is -1.01. The van der Waals surface area contributed by atoms with Gasteiger partial charge in [0.05, 0.1) is 12.5 Å². The number of nitrogens with two attached hydrogens (primary N) is 1. The van der Waals surface area contributed by atoms with E-state index in [-0.39, 0.29) is 24.1 Å². The second-order valence-corrected chi connectivity index (χ2v) is 4.31. The molecule has 17 heavy (non-hydrogen) atoms. The Hall–Kier alpha value is -1.43. The third-order valence-corrected chi connectivity index (χ3v) is 2.90. The number of likely N-dealkylation sites (N-methyl/N-ethyl adjacent to an activating group) is 1. The maximum absolute atomic E-state index is 11.6. The molecule has 0 aromatic carbocycles. The summed E-state index contributed by atoms with van der Waals surface area (Å²) in [6.45, 7) is 2.01. The quantitative estimate of drug-likeness (QED) is 0.627. The van der Waals surface area contributed by atoms with Gasteiger partial charge in [0.1, 0.15) is 6.04 Å². The van der Waals surface area contributed by atoms with Crippen LogP contribution in [0.25, 0.3) is 0 Å². The van der Waals surface area contributed by atoms with Crippen molar-refractivity contribution in [2.24, 2.45) is 5.73 Å². The van der Waals surface area contributed by atoms with Crippen molar-refractivity contribution in [1.82, 2.24) is 10.2 Å². The van der Waals surface area contributed by atoms with Gasteiger partial charge in [-0.2, -0.15) is 0 Å². The molecule has 0 radical (unpaired) electrons. The number of nitrogens with zero attached hydrogens (tertiary/aromatic N) is 1. The van der Waals surface area contributed by atoms with Crippen LogP contribution in [0.15, 0.2) is 0 Å². The Labute approximate surface area is 101 Å². The van der Waals surface area contributed by atoms with Crippen LogP contribution >= 0.6 is 0 Å². The number of hydrogen-bond donors (Lipinski definition) is 2. The van der Waals surface area contributed by atoms with Crippen LogP contribution in [0.5, 0.6) is 0 Å². The molecule has 1 saturated heterocycles. The monoisotopic (exact) mass is 241 g/mol. The molecule has 0 spiro atoms. The average molecular weight is 241 g/mol. The molecule has 0 bridgehead atoms. The molecule has 0 saturated carbocycles. The van der Waals surface area contributed by atoms with Gasteiger partial charge in [0.2, 0.25) is 11.8 Å². The summed E-state index contributed by atoms with van der Waals surface area (Å²) in [5.41, 5.74) is 5.67. The van der Waals surface area contributed by atoms with Gasteiger partial charge in [0.25, 0.3) is 5.91 Å². The number of nitrogens with one attached hydrogen (secondary N) is 1. The van der Waals surface area contributed by atoms with E-state index in [1.807, 2.05) is 6.92 Å². The van der Waals surface area contributed by atoms with Gasteiger partial charge in [-0.25, -0.2) is 0 Å². The van der Waals surface area contributed by atoms with Crippen LogP contribution in [0.4, 0.5) is 0 Å². The van der Waals surface area contributed by atoms with E-state index < -0.39 is 12.1 Å². The highest BCUT2D eigenvalue weighted by Gasteiger charge is 2.37. The predicted octanol–water partition coefficient (Wildman–Crippen LogP) is -0.623. The third kappa shape index (κ3) is 3.26. The van der Waals surface area contributed by atoms with Crippen LogP contribution in [0.2, 0.25) is 0 Å². The Morgan fingerprint density at radius 2 is 2.24 bits per heavy atom. The maximum Gasteiger partial charge on any atom is 0.252 e. The molecule has 1 heterocycles. The first kappa shape index (κ1) is 13.6. The van der Waals surface area contributed by atoms with Gasteiger partial charge >= 0.3 is 0 Å². The topological polar surface area (TPSA) is 92.5 Å². The SMILES string of the molecule is CCCCC(N)C(=O)NC1CC(=O)N(C)C1=O. The minimum absolute atomic E-state index is 0.0293. The normalized spacial score (nSPS) is 21.8. The molecule has 1 aliphatic heterocycles. The van der Waals surface area contributed by atoms with E-state index in [1.54, 1.807) is 0 Å². The summed E-state index contributed by atoms with van der Waals surface area (Å²) in [6.07, 6.45) is 2.45. The predicted molar refractivity (Wildman–Crippen MR) is 61.8 cm³/mol. The highest BCUT2D eigenvalue weighted by molar-refractivity contribution is 6.06. The number of carbonyl (C=O) groups excluding carboxylic acids is 3. The molecule has 1 rings (SSSR count). The average Bonchev–Trinajstić information content (AvgIpc) is 2.54. The lowest BCUT2D eigenvalue weighted by Crippen LogP contribution is -2.48. The summed E-state index contributed by atoms with van der Waals surface area (Å²) < 4.78 is 0. The second-order valence-electron chi connectivity index (χ2n) is 4.31. The second kappa shape index (κ2) is 5.77. The zero-order chi connectivity index (χ0) is 13.0. The lowest BCUT2D eigenvalue weighted by atomic mass is 10.1. The van der Waals surface area contributed by atoms with E-state index in [1.165, 1.54) is 7.05 Å². The number of imide groups is 1. The minimum Gasteiger partial charge on any atom is -0.342 e. The molecule has 3 amide bonds. The molecular weight excluding hydrogens is 222 g/mol. The molecule has 3 N–H and O–H groups in total. The van der Waals surface area contributed by atoms with Gasteiger partial charge in [-0.3, -0.25) is 19.3 Å². The molecule has 1 fully saturated rings. The summed E-state index contributed by atoms with van der Waals surface area (Å²) >= 11 is 0. The van der Waals surface area contributed by atoms with Gasteiger partial charge in [-0.1, -0.05) is 19.8 Å². The summed E-state index contributed by atoms with van der Waals surface area (Å²) in [4.78, 5) is 35.5. The van der Waals surface area contributed by atoms with E-state index in [2.05, 4.69) is 5.32 Å². The van der Waals surface area contributed by atoms with Crippen LogP contribution in [0.3, 0.4) is 0 Å². The van der Waals surface area contributed by atoms with Gasteiger partial charge in [0, 0.05) is 7.05 Å². The molecule has 0 aliphatic carbocycles. The Balaban J connectivity index is 2.47. The largest absolute Gasteiger partial charge is 0.342 e. The number of carbonyl (C=O) groups is 3. The van der Waals surface area contributed by atoms with Crippen LogP contribution in [-0.4, -0.2) is 41.8 Å². The number of hydrogen-bond acceptors (Lipinski definition) is 4. The third-order valence-electron chi connectivity index (χ3n) is 2.90. The Morgan fingerprint density at radius 3 is 2.71 bits per heavy atom. The highest BCUT2D eigenvalue weighted by Crippen LogP contribution is 2.10. The van der Waals surface area contributed by atoms with Crippen molar-refractivity contribution in [3.8, 4) is 0 Å². The highest BCUT2D eigenvalue weighted by atomic mass is 16.2. The number of amides is 3. The van der Waals surface area contributed by atoms with E-state index in [9.17, 15) is 14.4 Å². The Morgan fingerprint density at radius 1 is 1.59 bits per heavy atom. The zero-order valence-corrected chi connectivity index (χ0v) is 10.2. The van der Waals surface area contributed by atoms with E-state index in [0.29, 0.717) is 6.42 Å². The first-order valence-corrected chi connectivity index (χ1v) is 5.83. The van der Waals surface area contributed by atoms with Crippen LogP contribution < -0.4 is 11.1 Å². The van der Waals surface area contributed by atoms with Crippen molar-refractivity contribution in [3.63, 3.8) is 0 Å². The van der Waals surface area contributed by atoms with Crippen molar-refractivity contribution >= 4 is 17.7 Å². The minimum atomic E-state index is -0.743. The van der Waals surface area contributed by atoms with Gasteiger partial charge in [0.15, 0.2) is 0 Å². The van der Waals surface area contributed by atoms with Crippen LogP contribution in [-0.2, 0) is 14.4 Å². The van der Waals surface area contributed by atoms with Crippen molar-refractivity contribution < 1.29 is 14.4 Å². The fourth-order valence-electron chi connectivity index (χ4n) is 1.70. The van der Waals surface area contributed by atoms with E-state index >= 15 is 0 Å². The molecule has 2 unspecified atom stereocenters. The summed E-state index contributed by atoms with van der Waals surface area (Å²) in [6, 6.07) is -1.35. The standard InChI is InChI=1S/C11H19N3O3/c1-3-4-5-7(12)10(16)13-8-6-9(15)14(2)11(8)17/h7-8H,3-6,12H2,1-2H3,(H,13,16). The van der Waals surface area contributed by atoms with Gasteiger partial charge in [-0.05, 0) is 6.42 Å². The van der Waals surface area contributed by atoms with Gasteiger partial charge in [-0.15, -0.1) is 0 Å². The first-order chi connectivity index (χ1) is 7.97. The van der Waals surface area contributed by atoms with Crippen molar-refractivity contribution in [1.29, 1.82) is 0 Å². The van der Waals surface area contributed by atoms with Crippen LogP contribution in [0, 0.1) is 0 Å². The van der Waals surface area contributed by atoms with Crippen LogP contribution in [0.1, 0.15) is 32.6 Å². The van der Waals surface area contributed by atoms with Crippen molar-refractivity contribution in [3.05, 3.63) is 0 Å². The fourth-order valence-corrected chi connectivity index (χ4v) is 1.70. The van der Waals surface area contributed by atoms with E-state index in [4.69, 9.17) is 5.73 Å². The lowest BCUT2D eigenvalue weighted by molar-refractivity contribution is -0.138. The maximum atomic E-state index is 11.6. The Bertz CT molecular complexity index is 330. The molecular formula is C11H19N3O3. The molecule has 1 aliphatic rings. The van der Waals surface area contributed by atoms with Gasteiger partial charge < -0.3 is 11.1 Å². The lowest BCUT2D eigenvalue weighted by Gasteiger charge is -2.15. The van der Waals surface area contributed by atoms with Crippen molar-refractivity contribution in [2.75, 3.05) is 7.05 Å². The first-order valence-electron chi connectivity index (χ1n) is 5.83. The molecule has 6 heteroatoms. The number of rotatable bonds is 5. The van der Waals surface area contributed by atoms with E-state index in [0.717, 1.165) is 17.7 Å². The zero-order valence-electron chi connectivity index (χ0n) is 10.2. The summed E-state index contributed by atoms with van der Waals surface area (Å²) in [7, 11) is 1.41. The summed E-state index contributed by atoms with van der Waals surface area (Å²) in [5, 5.41) is 2.52.